The zero-order valence-electron chi connectivity index (χ0n) is 8.44. The predicted octanol–water partition coefficient (Wildman–Crippen LogP) is 1.73. The van der Waals surface area contributed by atoms with Crippen LogP contribution in [0.4, 0.5) is 4.39 Å². The van der Waals surface area contributed by atoms with Gasteiger partial charge in [-0.25, -0.2) is 9.07 Å². The fraction of sp³-hybridized carbons (Fsp3) is 0.182. The molecule has 0 spiro atoms. The molecule has 0 bridgehead atoms. The Hall–Kier alpha value is -1.68. The molecule has 0 unspecified atom stereocenters. The predicted molar refractivity (Wildman–Crippen MR) is 56.3 cm³/mol. The molecule has 15 heavy (non-hydrogen) atoms. The molecular formula is C11H12FN3. The Morgan fingerprint density at radius 2 is 2.27 bits per heavy atom. The van der Waals surface area contributed by atoms with E-state index in [4.69, 9.17) is 0 Å². The quantitative estimate of drug-likeness (QED) is 0.827. The van der Waals surface area contributed by atoms with E-state index in [1.54, 1.807) is 10.7 Å². The SMILES string of the molecule is CNCc1ccn(-c2cccc(F)c2)n1. The van der Waals surface area contributed by atoms with E-state index in [0.29, 0.717) is 6.54 Å². The zero-order valence-corrected chi connectivity index (χ0v) is 8.44. The number of aromatic nitrogens is 2. The van der Waals surface area contributed by atoms with Crippen molar-refractivity contribution in [3.63, 3.8) is 0 Å². The second-order valence-electron chi connectivity index (χ2n) is 3.26. The summed E-state index contributed by atoms with van der Waals surface area (Å²) >= 11 is 0. The van der Waals surface area contributed by atoms with Crippen LogP contribution in [-0.2, 0) is 6.54 Å². The summed E-state index contributed by atoms with van der Waals surface area (Å²) in [5, 5.41) is 7.31. The average molecular weight is 205 g/mol. The van der Waals surface area contributed by atoms with Crippen LogP contribution in [0.15, 0.2) is 36.5 Å². The normalized spacial score (nSPS) is 10.5. The van der Waals surface area contributed by atoms with Crippen LogP contribution in [0.3, 0.4) is 0 Å². The Kier molecular flexibility index (Phi) is 2.78. The molecule has 0 aliphatic heterocycles. The van der Waals surface area contributed by atoms with E-state index in [0.717, 1.165) is 11.4 Å². The fourth-order valence-corrected chi connectivity index (χ4v) is 1.40. The summed E-state index contributed by atoms with van der Waals surface area (Å²) in [5.74, 6) is -0.252. The minimum absolute atomic E-state index is 0.252. The third-order valence-corrected chi connectivity index (χ3v) is 2.07. The van der Waals surface area contributed by atoms with E-state index in [9.17, 15) is 4.39 Å². The smallest absolute Gasteiger partial charge is 0.125 e. The molecule has 78 valence electrons. The first-order valence-corrected chi connectivity index (χ1v) is 4.74. The molecule has 3 nitrogen and oxygen atoms in total. The van der Waals surface area contributed by atoms with Gasteiger partial charge in [0.25, 0.3) is 0 Å². The van der Waals surface area contributed by atoms with Gasteiger partial charge in [-0.3, -0.25) is 0 Å². The molecule has 1 N–H and O–H groups in total. The number of halogens is 1. The Balaban J connectivity index is 2.29. The van der Waals surface area contributed by atoms with Gasteiger partial charge in [-0.1, -0.05) is 6.07 Å². The monoisotopic (exact) mass is 205 g/mol. The van der Waals surface area contributed by atoms with Crippen LogP contribution in [-0.4, -0.2) is 16.8 Å². The highest BCUT2D eigenvalue weighted by Gasteiger charge is 2.00. The maximum absolute atomic E-state index is 13.0. The van der Waals surface area contributed by atoms with E-state index < -0.39 is 0 Å². The summed E-state index contributed by atoms with van der Waals surface area (Å²) in [6.07, 6.45) is 1.82. The van der Waals surface area contributed by atoms with Gasteiger partial charge in [0.2, 0.25) is 0 Å². The van der Waals surface area contributed by atoms with Crippen molar-refractivity contribution in [3.05, 3.63) is 48.0 Å². The summed E-state index contributed by atoms with van der Waals surface area (Å²) < 4.78 is 14.6. The highest BCUT2D eigenvalue weighted by atomic mass is 19.1. The first-order valence-electron chi connectivity index (χ1n) is 4.74. The van der Waals surface area contributed by atoms with Crippen molar-refractivity contribution >= 4 is 0 Å². The molecule has 4 heteroatoms. The van der Waals surface area contributed by atoms with Crippen molar-refractivity contribution in [1.29, 1.82) is 0 Å². The van der Waals surface area contributed by atoms with Crippen molar-refractivity contribution in [3.8, 4) is 5.69 Å². The largest absolute Gasteiger partial charge is 0.314 e. The van der Waals surface area contributed by atoms with Crippen molar-refractivity contribution in [2.45, 2.75) is 6.54 Å². The van der Waals surface area contributed by atoms with Gasteiger partial charge in [0.1, 0.15) is 5.82 Å². The summed E-state index contributed by atoms with van der Waals surface area (Å²) in [4.78, 5) is 0. The van der Waals surface area contributed by atoms with Crippen molar-refractivity contribution in [2.24, 2.45) is 0 Å². The van der Waals surface area contributed by atoms with Gasteiger partial charge in [0.15, 0.2) is 0 Å². The van der Waals surface area contributed by atoms with Crippen LogP contribution in [0.1, 0.15) is 5.69 Å². The molecule has 2 aromatic rings. The lowest BCUT2D eigenvalue weighted by Gasteiger charge is -2.00. The second kappa shape index (κ2) is 4.23. The van der Waals surface area contributed by atoms with Crippen LogP contribution in [0.2, 0.25) is 0 Å². The molecule has 0 amide bonds. The topological polar surface area (TPSA) is 29.9 Å². The highest BCUT2D eigenvalue weighted by molar-refractivity contribution is 5.31. The van der Waals surface area contributed by atoms with Gasteiger partial charge < -0.3 is 5.32 Å². The van der Waals surface area contributed by atoms with E-state index >= 15 is 0 Å². The number of nitrogens with zero attached hydrogens (tertiary/aromatic N) is 2. The van der Waals surface area contributed by atoms with Crippen molar-refractivity contribution in [2.75, 3.05) is 7.05 Å². The van der Waals surface area contributed by atoms with Gasteiger partial charge in [-0.2, -0.15) is 5.10 Å². The number of benzene rings is 1. The van der Waals surface area contributed by atoms with E-state index in [-0.39, 0.29) is 5.82 Å². The molecule has 1 heterocycles. The summed E-state index contributed by atoms with van der Waals surface area (Å²) in [5.41, 5.74) is 1.67. The number of rotatable bonds is 3. The van der Waals surface area contributed by atoms with Crippen LogP contribution in [0, 0.1) is 5.82 Å². The maximum Gasteiger partial charge on any atom is 0.125 e. The Morgan fingerprint density at radius 1 is 1.40 bits per heavy atom. The zero-order chi connectivity index (χ0) is 10.7. The number of hydrogen-bond donors (Lipinski definition) is 1. The van der Waals surface area contributed by atoms with Crippen LogP contribution in [0.5, 0.6) is 0 Å². The highest BCUT2D eigenvalue weighted by Crippen LogP contribution is 2.09. The lowest BCUT2D eigenvalue weighted by Crippen LogP contribution is -2.06. The molecule has 0 saturated heterocycles. The van der Waals surface area contributed by atoms with Crippen molar-refractivity contribution in [1.82, 2.24) is 15.1 Å². The molecule has 0 aliphatic carbocycles. The van der Waals surface area contributed by atoms with Gasteiger partial charge >= 0.3 is 0 Å². The molecular weight excluding hydrogens is 193 g/mol. The Labute approximate surface area is 87.5 Å². The summed E-state index contributed by atoms with van der Waals surface area (Å²) in [6.45, 7) is 0.711. The average Bonchev–Trinajstić information content (AvgIpc) is 2.67. The third-order valence-electron chi connectivity index (χ3n) is 2.07. The minimum Gasteiger partial charge on any atom is -0.314 e. The molecule has 1 aromatic carbocycles. The van der Waals surface area contributed by atoms with Crippen LogP contribution < -0.4 is 5.32 Å². The summed E-state index contributed by atoms with van der Waals surface area (Å²) in [6, 6.07) is 8.27. The van der Waals surface area contributed by atoms with Gasteiger partial charge in [-0.05, 0) is 31.3 Å². The molecule has 0 saturated carbocycles. The first kappa shape index (κ1) is 9.86. The minimum atomic E-state index is -0.252. The molecule has 0 aliphatic rings. The fourth-order valence-electron chi connectivity index (χ4n) is 1.40. The van der Waals surface area contributed by atoms with Gasteiger partial charge in [0.05, 0.1) is 11.4 Å². The number of hydrogen-bond acceptors (Lipinski definition) is 2. The molecule has 0 atom stereocenters. The lowest BCUT2D eigenvalue weighted by molar-refractivity contribution is 0.625. The van der Waals surface area contributed by atoms with Gasteiger partial charge in [-0.15, -0.1) is 0 Å². The lowest BCUT2D eigenvalue weighted by atomic mass is 10.3. The Bertz CT molecular complexity index is 451. The van der Waals surface area contributed by atoms with Crippen LogP contribution in [0.25, 0.3) is 5.69 Å². The first-order chi connectivity index (χ1) is 7.29. The van der Waals surface area contributed by atoms with E-state index in [1.165, 1.54) is 12.1 Å². The van der Waals surface area contributed by atoms with E-state index in [2.05, 4.69) is 10.4 Å². The molecule has 2 rings (SSSR count). The van der Waals surface area contributed by atoms with Gasteiger partial charge in [0, 0.05) is 12.7 Å². The maximum atomic E-state index is 13.0. The standard InChI is InChI=1S/C11H12FN3/c1-13-8-10-5-6-15(14-10)11-4-2-3-9(12)7-11/h2-7,13H,8H2,1H3. The van der Waals surface area contributed by atoms with Crippen LogP contribution >= 0.6 is 0 Å². The molecule has 1 aromatic heterocycles. The molecule has 0 fully saturated rings. The summed E-state index contributed by atoms with van der Waals surface area (Å²) in [7, 11) is 1.86. The third kappa shape index (κ3) is 2.22. The van der Waals surface area contributed by atoms with Crippen molar-refractivity contribution < 1.29 is 4.39 Å². The molecule has 0 radical (unpaired) electrons. The second-order valence-corrected chi connectivity index (χ2v) is 3.26. The Morgan fingerprint density at radius 3 is 3.00 bits per heavy atom. The van der Waals surface area contributed by atoms with E-state index in [1.807, 2.05) is 25.4 Å². The number of nitrogens with one attached hydrogen (secondary N) is 1.